The Morgan fingerprint density at radius 1 is 0.698 bits per heavy atom. The van der Waals surface area contributed by atoms with Gasteiger partial charge in [0.2, 0.25) is 29.5 Å². The number of rotatable bonds is 23. The zero-order valence-electron chi connectivity index (χ0n) is 33.6. The third-order valence-corrected chi connectivity index (χ3v) is 8.57. The lowest BCUT2D eigenvalue weighted by molar-refractivity contribution is -0.137. The molecule has 17 heteroatoms. The predicted octanol–water partition coefficient (Wildman–Crippen LogP) is 1.93. The van der Waals surface area contributed by atoms with Crippen molar-refractivity contribution in [2.24, 2.45) is 23.7 Å². The topological polar surface area (TPSA) is 241 Å². The maximum absolute atomic E-state index is 13.7. The first-order chi connectivity index (χ1) is 24.4. The molecular weight excluding hydrogens is 708 g/mol. The average molecular weight is 775 g/mol. The molecule has 0 spiro atoms. The fourth-order valence-electron chi connectivity index (χ4n) is 5.12. The van der Waals surface area contributed by atoms with Crippen LogP contribution in [0.5, 0.6) is 0 Å². The van der Waals surface area contributed by atoms with Crippen molar-refractivity contribution in [1.82, 2.24) is 31.9 Å². The highest BCUT2D eigenvalue weighted by Crippen LogP contribution is 2.15. The summed E-state index contributed by atoms with van der Waals surface area (Å²) < 4.78 is 5.31. The average Bonchev–Trinajstić information content (AvgIpc) is 3.00. The summed E-state index contributed by atoms with van der Waals surface area (Å²) in [5.41, 5.74) is -0.783. The van der Waals surface area contributed by atoms with Gasteiger partial charge in [-0.1, -0.05) is 55.4 Å². The first-order valence-electron chi connectivity index (χ1n) is 18.3. The number of carboxylic acid groups (broad SMARTS) is 1. The van der Waals surface area contributed by atoms with Gasteiger partial charge < -0.3 is 46.9 Å². The van der Waals surface area contributed by atoms with Crippen molar-refractivity contribution in [3.05, 3.63) is 0 Å². The molecule has 0 radical (unpaired) electrons. The smallest absolute Gasteiger partial charge is 0.408 e. The van der Waals surface area contributed by atoms with Gasteiger partial charge in [-0.2, -0.15) is 11.8 Å². The summed E-state index contributed by atoms with van der Waals surface area (Å²) in [5, 5.41) is 36.0. The number of hydrogen-bond acceptors (Lipinski definition) is 10. The highest BCUT2D eigenvalue weighted by atomic mass is 32.2. The van der Waals surface area contributed by atoms with Crippen LogP contribution in [0.4, 0.5) is 4.79 Å². The minimum absolute atomic E-state index is 0.00981. The van der Waals surface area contributed by atoms with Crippen LogP contribution in [-0.2, 0) is 33.5 Å². The van der Waals surface area contributed by atoms with Crippen molar-refractivity contribution < 1.29 is 48.5 Å². The van der Waals surface area contributed by atoms with Crippen LogP contribution in [0.3, 0.4) is 0 Å². The van der Waals surface area contributed by atoms with E-state index in [1.807, 2.05) is 20.1 Å². The third-order valence-electron chi connectivity index (χ3n) is 7.93. The molecule has 0 bridgehead atoms. The zero-order valence-corrected chi connectivity index (χ0v) is 34.4. The summed E-state index contributed by atoms with van der Waals surface area (Å²) in [6, 6.07) is -4.97. The van der Waals surface area contributed by atoms with Crippen molar-refractivity contribution in [2.75, 3.05) is 18.6 Å². The van der Waals surface area contributed by atoms with Gasteiger partial charge in [-0.15, -0.1) is 0 Å². The molecule has 0 unspecified atom stereocenters. The van der Waals surface area contributed by atoms with Gasteiger partial charge in [0.15, 0.2) is 0 Å². The van der Waals surface area contributed by atoms with Crippen molar-refractivity contribution in [3.8, 4) is 0 Å². The Morgan fingerprint density at radius 2 is 1.21 bits per heavy atom. The van der Waals surface area contributed by atoms with Crippen molar-refractivity contribution in [1.29, 1.82) is 0 Å². The van der Waals surface area contributed by atoms with Crippen LogP contribution >= 0.6 is 11.8 Å². The van der Waals surface area contributed by atoms with Gasteiger partial charge in [0.25, 0.3) is 0 Å². The fraction of sp³-hybridized carbons (Fsp3) is 0.806. The normalized spacial score (nSPS) is 15.1. The molecule has 6 atom stereocenters. The monoisotopic (exact) mass is 774 g/mol. The van der Waals surface area contributed by atoms with Gasteiger partial charge in [0, 0.05) is 6.54 Å². The minimum Gasteiger partial charge on any atom is -0.481 e. The van der Waals surface area contributed by atoms with Gasteiger partial charge in [-0.3, -0.25) is 28.8 Å². The Bertz CT molecular complexity index is 1220. The molecular formula is C36H66N6O10S. The molecule has 0 aliphatic carbocycles. The number of carbonyl (C=O) groups excluding carboxylic acids is 6. The van der Waals surface area contributed by atoms with Crippen LogP contribution in [0.15, 0.2) is 0 Å². The first kappa shape index (κ1) is 49.4. The number of amides is 6. The minimum atomic E-state index is -1.37. The zero-order chi connectivity index (χ0) is 41.2. The third kappa shape index (κ3) is 20.4. The van der Waals surface area contributed by atoms with Crippen LogP contribution in [0, 0.1) is 23.7 Å². The van der Waals surface area contributed by atoms with E-state index >= 15 is 0 Å². The van der Waals surface area contributed by atoms with Gasteiger partial charge >= 0.3 is 12.1 Å². The van der Waals surface area contributed by atoms with E-state index in [9.17, 15) is 38.7 Å². The van der Waals surface area contributed by atoms with Gasteiger partial charge in [0.05, 0.1) is 25.0 Å². The van der Waals surface area contributed by atoms with Gasteiger partial charge in [0.1, 0.15) is 29.8 Å². The van der Waals surface area contributed by atoms with E-state index in [1.165, 1.54) is 11.8 Å². The largest absolute Gasteiger partial charge is 0.481 e. The van der Waals surface area contributed by atoms with Crippen LogP contribution in [0.2, 0.25) is 0 Å². The second kappa shape index (κ2) is 23.9. The Balaban J connectivity index is 5.87. The summed E-state index contributed by atoms with van der Waals surface area (Å²) >= 11 is 1.47. The molecule has 0 saturated heterocycles. The Labute approximate surface area is 319 Å². The number of aliphatic carboxylic acids is 1. The van der Waals surface area contributed by atoms with Crippen molar-refractivity contribution in [2.45, 2.75) is 144 Å². The molecule has 0 aromatic heterocycles. The van der Waals surface area contributed by atoms with Gasteiger partial charge in [-0.25, -0.2) is 4.79 Å². The van der Waals surface area contributed by atoms with Crippen LogP contribution in [0.25, 0.3) is 0 Å². The summed E-state index contributed by atoms with van der Waals surface area (Å²) in [7, 11) is 0. The fourth-order valence-corrected chi connectivity index (χ4v) is 5.59. The number of aliphatic hydroxyl groups excluding tert-OH is 1. The summed E-state index contributed by atoms with van der Waals surface area (Å²) in [4.78, 5) is 89.6. The molecule has 0 heterocycles. The van der Waals surface area contributed by atoms with Crippen LogP contribution in [0.1, 0.15) is 102 Å². The molecule has 306 valence electrons. The molecule has 16 nitrogen and oxygen atoms in total. The predicted molar refractivity (Wildman–Crippen MR) is 204 cm³/mol. The van der Waals surface area contributed by atoms with E-state index in [2.05, 4.69) is 31.9 Å². The molecule has 0 aromatic rings. The van der Waals surface area contributed by atoms with Crippen molar-refractivity contribution >= 4 is 53.4 Å². The van der Waals surface area contributed by atoms with E-state index in [1.54, 1.807) is 62.3 Å². The number of thioether (sulfide) groups is 1. The summed E-state index contributed by atoms with van der Waals surface area (Å²) in [6.07, 6.45) is -0.490. The highest BCUT2D eigenvalue weighted by molar-refractivity contribution is 7.98. The first-order valence-corrected chi connectivity index (χ1v) is 19.7. The van der Waals surface area contributed by atoms with Crippen LogP contribution < -0.4 is 31.9 Å². The molecule has 0 aliphatic heterocycles. The number of ether oxygens (including phenoxy) is 1. The highest BCUT2D eigenvalue weighted by Gasteiger charge is 2.34. The molecule has 8 N–H and O–H groups in total. The summed E-state index contributed by atoms with van der Waals surface area (Å²) in [5.74, 6) is -4.68. The number of alkyl carbamates (subject to hydrolysis) is 1. The number of aliphatic hydroxyl groups is 1. The lowest BCUT2D eigenvalue weighted by atomic mass is 9.95. The number of carboxylic acids is 1. The number of hydrogen-bond donors (Lipinski definition) is 8. The second-order valence-electron chi connectivity index (χ2n) is 15.7. The molecule has 0 aromatic carbocycles. The standard InChI is InChI=1S/C36H66N6O10S/c1-19(2)17-24(39-31(47)23(14-16-53-12)38-33(49)30(22(7)8)42-35(51)52-36(9,10)11)25(43)18-26(44)40-29(21(5)6)34(50)41-28(20(3)4)32(48)37-15-13-27(45)46/h19-25,28-30,43H,13-18H2,1-12H3,(H,37,48)(H,38,49)(H,39,47)(H,40,44)(H,41,50)(H,42,51)(H,45,46)/t23-,24-,25-,28-,29-,30-/m0/s1. The Hall–Kier alpha value is -3.60. The van der Waals surface area contributed by atoms with Crippen molar-refractivity contribution in [3.63, 3.8) is 0 Å². The molecule has 0 fully saturated rings. The number of nitrogens with one attached hydrogen (secondary N) is 6. The van der Waals surface area contributed by atoms with Crippen LogP contribution in [-0.4, -0.2) is 112 Å². The van der Waals surface area contributed by atoms with E-state index in [0.29, 0.717) is 12.2 Å². The number of carbonyl (C=O) groups is 7. The Morgan fingerprint density at radius 3 is 1.68 bits per heavy atom. The maximum Gasteiger partial charge on any atom is 0.408 e. The molecule has 6 amide bonds. The lowest BCUT2D eigenvalue weighted by Crippen LogP contribution is -2.58. The Kier molecular flexibility index (Phi) is 22.3. The summed E-state index contributed by atoms with van der Waals surface area (Å²) in [6.45, 7) is 19.1. The molecule has 0 rings (SSSR count). The SMILES string of the molecule is CSCC[C@H](NC(=O)[C@@H](NC(=O)OC(C)(C)C)C(C)C)C(=O)N[C@@H](CC(C)C)[C@@H](O)CC(=O)N[C@H](C(=O)N[C@H](C(=O)NCCC(=O)O)C(C)C)C(C)C. The quantitative estimate of drug-likeness (QED) is 0.0746. The van der Waals surface area contributed by atoms with E-state index in [4.69, 9.17) is 9.84 Å². The van der Waals surface area contributed by atoms with E-state index in [0.717, 1.165) is 0 Å². The molecule has 53 heavy (non-hydrogen) atoms. The van der Waals surface area contributed by atoms with E-state index in [-0.39, 0.29) is 37.1 Å². The van der Waals surface area contributed by atoms with E-state index < -0.39 is 95.9 Å². The second-order valence-corrected chi connectivity index (χ2v) is 16.7. The lowest BCUT2D eigenvalue weighted by Gasteiger charge is -2.30. The molecule has 0 aliphatic rings. The van der Waals surface area contributed by atoms with Gasteiger partial charge in [-0.05, 0) is 69.3 Å². The molecule has 0 saturated carbocycles. The maximum atomic E-state index is 13.7.